The molecule has 0 saturated carbocycles. The first kappa shape index (κ1) is 10.9. The van der Waals surface area contributed by atoms with Gasteiger partial charge in [-0.2, -0.15) is 5.26 Å². The Balaban J connectivity index is 2.14. The number of hydrogen-bond donors (Lipinski definition) is 1. The summed E-state index contributed by atoms with van der Waals surface area (Å²) < 4.78 is 5.38. The van der Waals surface area contributed by atoms with Gasteiger partial charge in [0.1, 0.15) is 11.9 Å². The lowest BCUT2D eigenvalue weighted by Crippen LogP contribution is -2.30. The molecule has 1 unspecified atom stereocenters. The first-order valence-corrected chi connectivity index (χ1v) is 5.51. The van der Waals surface area contributed by atoms with Crippen LogP contribution in [0.25, 0.3) is 0 Å². The van der Waals surface area contributed by atoms with E-state index >= 15 is 0 Å². The van der Waals surface area contributed by atoms with Gasteiger partial charge >= 0.3 is 0 Å². The van der Waals surface area contributed by atoms with E-state index in [9.17, 15) is 0 Å². The molecule has 1 saturated heterocycles. The lowest BCUT2D eigenvalue weighted by atomic mass is 10.1. The Kier molecular flexibility index (Phi) is 3.37. The minimum atomic E-state index is 0.273. The predicted octanol–water partition coefficient (Wildman–Crippen LogP) is 1.85. The van der Waals surface area contributed by atoms with Gasteiger partial charge in [-0.1, -0.05) is 0 Å². The van der Waals surface area contributed by atoms with Crippen LogP contribution in [0.1, 0.15) is 24.0 Å². The van der Waals surface area contributed by atoms with E-state index in [1.165, 1.54) is 0 Å². The minimum absolute atomic E-state index is 0.273. The van der Waals surface area contributed by atoms with Gasteiger partial charge in [0.2, 0.25) is 0 Å². The highest BCUT2D eigenvalue weighted by Crippen LogP contribution is 2.18. The fraction of sp³-hybridized carbons (Fsp3) is 0.500. The van der Waals surface area contributed by atoms with Crippen LogP contribution in [0, 0.1) is 18.3 Å². The van der Waals surface area contributed by atoms with E-state index < -0.39 is 0 Å². The van der Waals surface area contributed by atoms with E-state index in [0.29, 0.717) is 18.0 Å². The van der Waals surface area contributed by atoms with Crippen LogP contribution >= 0.6 is 0 Å². The molecule has 1 atom stereocenters. The van der Waals surface area contributed by atoms with E-state index in [1.807, 2.05) is 13.0 Å². The van der Waals surface area contributed by atoms with Crippen molar-refractivity contribution >= 4 is 5.82 Å². The second kappa shape index (κ2) is 4.95. The first-order chi connectivity index (χ1) is 7.81. The average molecular weight is 217 g/mol. The van der Waals surface area contributed by atoms with Crippen molar-refractivity contribution in [1.29, 1.82) is 5.26 Å². The third-order valence-electron chi connectivity index (χ3n) is 2.77. The lowest BCUT2D eigenvalue weighted by molar-refractivity contribution is 0.0875. The number of rotatable bonds is 2. The highest BCUT2D eigenvalue weighted by molar-refractivity contribution is 5.55. The van der Waals surface area contributed by atoms with E-state index in [4.69, 9.17) is 10.00 Å². The fourth-order valence-corrected chi connectivity index (χ4v) is 1.86. The molecule has 1 fully saturated rings. The van der Waals surface area contributed by atoms with Gasteiger partial charge < -0.3 is 10.1 Å². The maximum Gasteiger partial charge on any atom is 0.144 e. The quantitative estimate of drug-likeness (QED) is 0.821. The lowest BCUT2D eigenvalue weighted by Gasteiger charge is -2.24. The van der Waals surface area contributed by atoms with Gasteiger partial charge in [-0.05, 0) is 31.4 Å². The zero-order valence-electron chi connectivity index (χ0n) is 9.36. The SMILES string of the molecule is Cc1ccnc(NC2CCCOC2)c1C#N. The Morgan fingerprint density at radius 1 is 1.62 bits per heavy atom. The normalized spacial score (nSPS) is 20.1. The maximum absolute atomic E-state index is 9.07. The monoisotopic (exact) mass is 217 g/mol. The number of aromatic nitrogens is 1. The van der Waals surface area contributed by atoms with Crippen molar-refractivity contribution in [2.75, 3.05) is 18.5 Å². The number of anilines is 1. The molecule has 84 valence electrons. The Morgan fingerprint density at radius 2 is 2.50 bits per heavy atom. The van der Waals surface area contributed by atoms with Gasteiger partial charge in [0.05, 0.1) is 18.2 Å². The van der Waals surface area contributed by atoms with Crippen LogP contribution in [0.4, 0.5) is 5.82 Å². The molecule has 16 heavy (non-hydrogen) atoms. The van der Waals surface area contributed by atoms with Crippen molar-refractivity contribution in [2.45, 2.75) is 25.8 Å². The van der Waals surface area contributed by atoms with E-state index in [0.717, 1.165) is 25.0 Å². The highest BCUT2D eigenvalue weighted by atomic mass is 16.5. The number of nitrogens with zero attached hydrogens (tertiary/aromatic N) is 2. The molecule has 0 aliphatic carbocycles. The predicted molar refractivity (Wildman–Crippen MR) is 61.2 cm³/mol. The van der Waals surface area contributed by atoms with Gasteiger partial charge in [0.25, 0.3) is 0 Å². The smallest absolute Gasteiger partial charge is 0.144 e. The molecule has 1 aliphatic rings. The third-order valence-corrected chi connectivity index (χ3v) is 2.77. The summed E-state index contributed by atoms with van der Waals surface area (Å²) in [5.74, 6) is 0.679. The highest BCUT2D eigenvalue weighted by Gasteiger charge is 2.16. The number of hydrogen-bond acceptors (Lipinski definition) is 4. The molecule has 1 aromatic rings. The van der Waals surface area contributed by atoms with Gasteiger partial charge in [0, 0.05) is 12.8 Å². The standard InChI is InChI=1S/C12H15N3O/c1-9-4-5-14-12(11(9)7-13)15-10-3-2-6-16-8-10/h4-5,10H,2-3,6,8H2,1H3,(H,14,15). The summed E-state index contributed by atoms with van der Waals surface area (Å²) in [6.07, 6.45) is 3.86. The van der Waals surface area contributed by atoms with Crippen molar-refractivity contribution in [2.24, 2.45) is 0 Å². The summed E-state index contributed by atoms with van der Waals surface area (Å²) in [5, 5.41) is 12.4. The second-order valence-electron chi connectivity index (χ2n) is 4.02. The molecule has 0 amide bonds. The second-order valence-corrected chi connectivity index (χ2v) is 4.02. The molecule has 0 bridgehead atoms. The number of aryl methyl sites for hydroxylation is 1. The maximum atomic E-state index is 9.07. The van der Waals surface area contributed by atoms with Crippen LogP contribution in [0.5, 0.6) is 0 Å². The number of nitriles is 1. The summed E-state index contributed by atoms with van der Waals surface area (Å²) in [4.78, 5) is 4.22. The number of ether oxygens (including phenoxy) is 1. The molecule has 0 spiro atoms. The largest absolute Gasteiger partial charge is 0.379 e. The van der Waals surface area contributed by atoms with Crippen molar-refractivity contribution in [3.8, 4) is 6.07 Å². The summed E-state index contributed by atoms with van der Waals surface area (Å²) in [5.41, 5.74) is 1.59. The number of pyridine rings is 1. The van der Waals surface area contributed by atoms with Crippen LogP contribution in [-0.4, -0.2) is 24.2 Å². The van der Waals surface area contributed by atoms with E-state index in [1.54, 1.807) is 6.20 Å². The Morgan fingerprint density at radius 3 is 3.19 bits per heavy atom. The van der Waals surface area contributed by atoms with Gasteiger partial charge in [-0.3, -0.25) is 0 Å². The summed E-state index contributed by atoms with van der Waals surface area (Å²) in [6, 6.07) is 4.31. The summed E-state index contributed by atoms with van der Waals surface area (Å²) >= 11 is 0. The fourth-order valence-electron chi connectivity index (χ4n) is 1.86. The molecular weight excluding hydrogens is 202 g/mol. The van der Waals surface area contributed by atoms with Crippen molar-refractivity contribution in [3.63, 3.8) is 0 Å². The molecule has 1 aromatic heterocycles. The van der Waals surface area contributed by atoms with Crippen LogP contribution < -0.4 is 5.32 Å². The van der Waals surface area contributed by atoms with Gasteiger partial charge in [-0.25, -0.2) is 4.98 Å². The molecule has 0 aromatic carbocycles. The molecule has 4 nitrogen and oxygen atoms in total. The van der Waals surface area contributed by atoms with Crippen LogP contribution in [0.2, 0.25) is 0 Å². The topological polar surface area (TPSA) is 57.9 Å². The van der Waals surface area contributed by atoms with E-state index in [-0.39, 0.29) is 6.04 Å². The molecule has 1 N–H and O–H groups in total. The molecule has 2 heterocycles. The number of nitrogens with one attached hydrogen (secondary N) is 1. The van der Waals surface area contributed by atoms with Gasteiger partial charge in [0.15, 0.2) is 0 Å². The zero-order valence-corrected chi connectivity index (χ0v) is 9.36. The van der Waals surface area contributed by atoms with Gasteiger partial charge in [-0.15, -0.1) is 0 Å². The Labute approximate surface area is 95.3 Å². The minimum Gasteiger partial charge on any atom is -0.379 e. The average Bonchev–Trinajstić information content (AvgIpc) is 2.31. The van der Waals surface area contributed by atoms with Crippen molar-refractivity contribution < 1.29 is 4.74 Å². The molecular formula is C12H15N3O. The Hall–Kier alpha value is -1.60. The summed E-state index contributed by atoms with van der Waals surface area (Å²) in [6.45, 7) is 3.45. The Bertz CT molecular complexity index is 405. The third kappa shape index (κ3) is 2.31. The first-order valence-electron chi connectivity index (χ1n) is 5.51. The summed E-state index contributed by atoms with van der Waals surface area (Å²) in [7, 11) is 0. The van der Waals surface area contributed by atoms with Crippen LogP contribution in [-0.2, 0) is 4.74 Å². The van der Waals surface area contributed by atoms with Crippen LogP contribution in [0.15, 0.2) is 12.3 Å². The van der Waals surface area contributed by atoms with Crippen LogP contribution in [0.3, 0.4) is 0 Å². The molecule has 2 rings (SSSR count). The zero-order chi connectivity index (χ0) is 11.4. The van der Waals surface area contributed by atoms with Crippen molar-refractivity contribution in [1.82, 2.24) is 4.98 Å². The van der Waals surface area contributed by atoms with Crippen molar-refractivity contribution in [3.05, 3.63) is 23.4 Å². The molecule has 4 heteroatoms. The molecule has 0 radical (unpaired) electrons. The van der Waals surface area contributed by atoms with E-state index in [2.05, 4.69) is 16.4 Å². The molecule has 1 aliphatic heterocycles.